The van der Waals surface area contributed by atoms with Gasteiger partial charge in [0.1, 0.15) is 5.75 Å². The van der Waals surface area contributed by atoms with Gasteiger partial charge in [0.2, 0.25) is 0 Å². The second-order valence-electron chi connectivity index (χ2n) is 8.19. The summed E-state index contributed by atoms with van der Waals surface area (Å²) in [6, 6.07) is 26.8. The van der Waals surface area contributed by atoms with Crippen LogP contribution in [-0.4, -0.2) is 26.7 Å². The first-order valence-electron chi connectivity index (χ1n) is 11.0. The third kappa shape index (κ3) is 4.10. The zero-order valence-electron chi connectivity index (χ0n) is 18.7. The monoisotopic (exact) mass is 454 g/mol. The third-order valence-electron chi connectivity index (χ3n) is 6.17. The highest BCUT2D eigenvalue weighted by molar-refractivity contribution is 7.80. The van der Waals surface area contributed by atoms with Crippen molar-refractivity contribution in [2.75, 3.05) is 7.11 Å². The van der Waals surface area contributed by atoms with Crippen LogP contribution in [0.1, 0.15) is 34.6 Å². The van der Waals surface area contributed by atoms with E-state index in [4.69, 9.17) is 17.0 Å². The molecule has 2 aromatic carbocycles. The Labute approximate surface area is 199 Å². The number of rotatable bonds is 6. The molecule has 1 aliphatic heterocycles. The number of methoxy groups -OCH3 is 1. The fourth-order valence-electron chi connectivity index (χ4n) is 4.51. The summed E-state index contributed by atoms with van der Waals surface area (Å²) in [5.74, 6) is 0.845. The predicted molar refractivity (Wildman–Crippen MR) is 134 cm³/mol. The van der Waals surface area contributed by atoms with Crippen molar-refractivity contribution in [3.05, 3.63) is 114 Å². The zero-order valence-corrected chi connectivity index (χ0v) is 19.5. The Kier molecular flexibility index (Phi) is 5.84. The van der Waals surface area contributed by atoms with E-state index in [0.717, 1.165) is 16.6 Å². The Morgan fingerprint density at radius 1 is 0.970 bits per heavy atom. The topological polar surface area (TPSA) is 42.3 Å². The number of aryl methyl sites for hydroxylation is 1. The van der Waals surface area contributed by atoms with Gasteiger partial charge in [-0.15, -0.1) is 0 Å². The second kappa shape index (κ2) is 9.08. The SMILES string of the molecule is COc1ccc(CN2C(=S)N[C@@H](c3ccccn3)[C@H]2c2cccn2-c2ccccc2C)cc1. The van der Waals surface area contributed by atoms with Crippen molar-refractivity contribution >= 4 is 17.3 Å². The molecule has 1 fully saturated rings. The molecule has 0 radical (unpaired) electrons. The normalized spacial score (nSPS) is 17.8. The van der Waals surface area contributed by atoms with Crippen LogP contribution in [0.5, 0.6) is 5.75 Å². The van der Waals surface area contributed by atoms with Crippen LogP contribution in [0.3, 0.4) is 0 Å². The average Bonchev–Trinajstić information content (AvgIpc) is 3.45. The minimum atomic E-state index is -0.0605. The van der Waals surface area contributed by atoms with Gasteiger partial charge in [-0.1, -0.05) is 36.4 Å². The molecule has 0 unspecified atom stereocenters. The summed E-state index contributed by atoms with van der Waals surface area (Å²) in [5.41, 5.74) is 5.69. The molecule has 0 aliphatic carbocycles. The van der Waals surface area contributed by atoms with E-state index in [2.05, 4.69) is 87.5 Å². The summed E-state index contributed by atoms with van der Waals surface area (Å²) in [6.45, 7) is 2.82. The van der Waals surface area contributed by atoms with Crippen LogP contribution in [-0.2, 0) is 6.54 Å². The van der Waals surface area contributed by atoms with Crippen molar-refractivity contribution < 1.29 is 4.74 Å². The number of nitrogens with one attached hydrogen (secondary N) is 1. The quantitative estimate of drug-likeness (QED) is 0.397. The highest BCUT2D eigenvalue weighted by Gasteiger charge is 2.41. The molecule has 33 heavy (non-hydrogen) atoms. The molecule has 2 atom stereocenters. The van der Waals surface area contributed by atoms with Crippen LogP contribution in [0.15, 0.2) is 91.3 Å². The maximum absolute atomic E-state index is 5.86. The maximum Gasteiger partial charge on any atom is 0.170 e. The molecule has 2 aromatic heterocycles. The molecule has 166 valence electrons. The molecule has 0 saturated carbocycles. The lowest BCUT2D eigenvalue weighted by Gasteiger charge is -2.29. The molecular weight excluding hydrogens is 428 g/mol. The van der Waals surface area contributed by atoms with E-state index in [1.807, 2.05) is 30.5 Å². The van der Waals surface area contributed by atoms with Gasteiger partial charge in [0.25, 0.3) is 0 Å². The molecule has 0 spiro atoms. The Morgan fingerprint density at radius 2 is 1.76 bits per heavy atom. The number of hydrogen-bond acceptors (Lipinski definition) is 3. The molecule has 5 rings (SSSR count). The Balaban J connectivity index is 1.59. The fourth-order valence-corrected chi connectivity index (χ4v) is 4.82. The van der Waals surface area contributed by atoms with Crippen molar-refractivity contribution in [2.45, 2.75) is 25.6 Å². The minimum absolute atomic E-state index is 0.0240. The van der Waals surface area contributed by atoms with Crippen LogP contribution in [0, 0.1) is 6.92 Å². The minimum Gasteiger partial charge on any atom is -0.497 e. The standard InChI is InChI=1S/C27H26N4OS/c1-19-8-3-4-10-23(19)30-17-7-11-24(30)26-25(22-9-5-6-16-28-22)29-27(33)31(26)18-20-12-14-21(32-2)15-13-20/h3-17,25-26H,18H2,1-2H3,(H,29,33)/t25-,26+/m0/s1. The van der Waals surface area contributed by atoms with Crippen molar-refractivity contribution in [2.24, 2.45) is 0 Å². The summed E-state index contributed by atoms with van der Waals surface area (Å²) >= 11 is 5.86. The number of thiocarbonyl (C=S) groups is 1. The van der Waals surface area contributed by atoms with Gasteiger partial charge >= 0.3 is 0 Å². The summed E-state index contributed by atoms with van der Waals surface area (Å²) in [7, 11) is 1.68. The van der Waals surface area contributed by atoms with Gasteiger partial charge < -0.3 is 19.5 Å². The molecule has 1 saturated heterocycles. The first-order valence-corrected chi connectivity index (χ1v) is 11.4. The summed E-state index contributed by atoms with van der Waals surface area (Å²) < 4.78 is 7.60. The molecule has 3 heterocycles. The van der Waals surface area contributed by atoms with Crippen molar-refractivity contribution in [3.63, 3.8) is 0 Å². The zero-order chi connectivity index (χ0) is 22.8. The molecule has 0 bridgehead atoms. The highest BCUT2D eigenvalue weighted by atomic mass is 32.1. The van der Waals surface area contributed by atoms with Crippen molar-refractivity contribution in [3.8, 4) is 11.4 Å². The van der Waals surface area contributed by atoms with Gasteiger partial charge in [-0.25, -0.2) is 0 Å². The molecule has 5 nitrogen and oxygen atoms in total. The predicted octanol–water partition coefficient (Wildman–Crippen LogP) is 5.36. The number of aromatic nitrogens is 2. The summed E-state index contributed by atoms with van der Waals surface area (Å²) in [6.07, 6.45) is 3.96. The molecule has 6 heteroatoms. The third-order valence-corrected chi connectivity index (χ3v) is 6.52. The number of ether oxygens (including phenoxy) is 1. The number of nitrogens with zero attached hydrogens (tertiary/aromatic N) is 3. The van der Waals surface area contributed by atoms with Gasteiger partial charge in [0, 0.05) is 30.3 Å². The van der Waals surface area contributed by atoms with Crippen LogP contribution < -0.4 is 10.1 Å². The van der Waals surface area contributed by atoms with E-state index in [1.165, 1.54) is 22.5 Å². The average molecular weight is 455 g/mol. The Morgan fingerprint density at radius 3 is 2.48 bits per heavy atom. The van der Waals surface area contributed by atoms with E-state index in [1.54, 1.807) is 7.11 Å². The maximum atomic E-state index is 5.86. The molecule has 4 aromatic rings. The van der Waals surface area contributed by atoms with Gasteiger partial charge in [-0.05, 0) is 72.7 Å². The lowest BCUT2D eigenvalue weighted by atomic mass is 10.0. The molecule has 0 amide bonds. The molecule has 1 N–H and O–H groups in total. The van der Waals surface area contributed by atoms with Crippen LogP contribution >= 0.6 is 12.2 Å². The van der Waals surface area contributed by atoms with Crippen LogP contribution in [0.4, 0.5) is 0 Å². The fraction of sp³-hybridized carbons (Fsp3) is 0.185. The largest absolute Gasteiger partial charge is 0.497 e. The van der Waals surface area contributed by atoms with Crippen molar-refractivity contribution in [1.29, 1.82) is 0 Å². The first-order chi connectivity index (χ1) is 16.2. The van der Waals surface area contributed by atoms with Crippen LogP contribution in [0.25, 0.3) is 5.69 Å². The summed E-state index contributed by atoms with van der Waals surface area (Å²) in [4.78, 5) is 6.93. The van der Waals surface area contributed by atoms with E-state index >= 15 is 0 Å². The molecule has 1 aliphatic rings. The first kappa shape index (κ1) is 21.2. The number of para-hydroxylation sites is 1. The number of benzene rings is 2. The summed E-state index contributed by atoms with van der Waals surface area (Å²) in [5, 5.41) is 4.28. The lowest BCUT2D eigenvalue weighted by molar-refractivity contribution is 0.302. The van der Waals surface area contributed by atoms with E-state index < -0.39 is 0 Å². The van der Waals surface area contributed by atoms with Gasteiger partial charge in [0.05, 0.1) is 24.9 Å². The Hall–Kier alpha value is -3.64. The number of hydrogen-bond donors (Lipinski definition) is 1. The Bertz CT molecular complexity index is 1250. The second-order valence-corrected chi connectivity index (χ2v) is 8.58. The van der Waals surface area contributed by atoms with Gasteiger partial charge in [-0.2, -0.15) is 0 Å². The van der Waals surface area contributed by atoms with E-state index in [9.17, 15) is 0 Å². The smallest absolute Gasteiger partial charge is 0.170 e. The number of pyridine rings is 1. The molecular formula is C27H26N4OS. The van der Waals surface area contributed by atoms with Crippen LogP contribution in [0.2, 0.25) is 0 Å². The highest BCUT2D eigenvalue weighted by Crippen LogP contribution is 2.40. The van der Waals surface area contributed by atoms with Gasteiger partial charge in [0.15, 0.2) is 5.11 Å². The van der Waals surface area contributed by atoms with Gasteiger partial charge in [-0.3, -0.25) is 4.98 Å². The van der Waals surface area contributed by atoms with Crippen molar-refractivity contribution in [1.82, 2.24) is 19.8 Å². The van der Waals surface area contributed by atoms with E-state index in [0.29, 0.717) is 6.54 Å². The lowest BCUT2D eigenvalue weighted by Crippen LogP contribution is -2.30. The van der Waals surface area contributed by atoms with E-state index in [-0.39, 0.29) is 12.1 Å².